The van der Waals surface area contributed by atoms with Gasteiger partial charge in [-0.05, 0) is 52.8 Å². The molecule has 0 amide bonds. The number of sulfonamides is 1. The number of halogens is 2. The van der Waals surface area contributed by atoms with Crippen LogP contribution in [0.25, 0.3) is 0 Å². The van der Waals surface area contributed by atoms with Gasteiger partial charge in [-0.1, -0.05) is 18.5 Å². The number of hydrogen-bond donors (Lipinski definition) is 2. The lowest BCUT2D eigenvalue weighted by Crippen LogP contribution is -2.12. The highest BCUT2D eigenvalue weighted by Crippen LogP contribution is 2.30. The summed E-state index contributed by atoms with van der Waals surface area (Å²) >= 11 is 10.4. The molecule has 0 bridgehead atoms. The minimum Gasteiger partial charge on any atom is -0.312 e. The smallest absolute Gasteiger partial charge is 0.271 e. The maximum atomic E-state index is 12.4. The molecule has 0 atom stereocenters. The second kappa shape index (κ2) is 7.11. The third-order valence-electron chi connectivity index (χ3n) is 2.62. The molecular weight excluding hydrogens is 396 g/mol. The summed E-state index contributed by atoms with van der Waals surface area (Å²) in [5, 5.41) is 3.63. The molecule has 0 aliphatic carbocycles. The van der Waals surface area contributed by atoms with Crippen LogP contribution in [-0.2, 0) is 16.6 Å². The van der Waals surface area contributed by atoms with Gasteiger partial charge >= 0.3 is 0 Å². The van der Waals surface area contributed by atoms with E-state index in [-0.39, 0.29) is 4.21 Å². The largest absolute Gasteiger partial charge is 0.312 e. The Hall–Kier alpha value is -0.600. The molecule has 0 spiro atoms. The Balaban J connectivity index is 2.22. The molecule has 2 N–H and O–H groups in total. The zero-order valence-electron chi connectivity index (χ0n) is 11.2. The molecule has 114 valence electrons. The molecule has 2 rings (SSSR count). The van der Waals surface area contributed by atoms with E-state index >= 15 is 0 Å². The Morgan fingerprint density at radius 1 is 1.29 bits per heavy atom. The molecule has 2 aromatic rings. The number of anilines is 1. The van der Waals surface area contributed by atoms with E-state index in [9.17, 15) is 8.42 Å². The molecule has 0 aliphatic rings. The normalized spacial score (nSPS) is 11.6. The van der Waals surface area contributed by atoms with Gasteiger partial charge in [-0.3, -0.25) is 4.72 Å². The summed E-state index contributed by atoms with van der Waals surface area (Å²) in [7, 11) is -3.60. The number of rotatable bonds is 6. The number of benzene rings is 1. The van der Waals surface area contributed by atoms with Gasteiger partial charge in [0.25, 0.3) is 10.0 Å². The Kier molecular flexibility index (Phi) is 5.67. The molecule has 1 aromatic carbocycles. The standard InChI is InChI=1S/C13H14BrClN2O2S2/c1-2-16-8-10-4-6-13(20-10)21(18,19)17-12-7-9(15)3-5-11(12)14/h3-7,16-17H,2,8H2,1H3. The third-order valence-corrected chi connectivity index (χ3v) is 6.49. The molecule has 1 aromatic heterocycles. The van der Waals surface area contributed by atoms with Gasteiger partial charge in [0.15, 0.2) is 0 Å². The average Bonchev–Trinajstić information content (AvgIpc) is 2.90. The summed E-state index contributed by atoms with van der Waals surface area (Å²) in [6, 6.07) is 8.37. The van der Waals surface area contributed by atoms with E-state index in [1.165, 1.54) is 11.3 Å². The predicted octanol–water partition coefficient (Wildman–Crippen LogP) is 4.07. The van der Waals surface area contributed by atoms with Crippen LogP contribution in [0.5, 0.6) is 0 Å². The first-order valence-electron chi connectivity index (χ1n) is 6.19. The number of nitrogens with one attached hydrogen (secondary N) is 2. The van der Waals surface area contributed by atoms with Gasteiger partial charge in [0.05, 0.1) is 5.69 Å². The van der Waals surface area contributed by atoms with Crippen molar-refractivity contribution < 1.29 is 8.42 Å². The van der Waals surface area contributed by atoms with Crippen molar-refractivity contribution in [1.82, 2.24) is 5.32 Å². The quantitative estimate of drug-likeness (QED) is 0.756. The highest BCUT2D eigenvalue weighted by atomic mass is 79.9. The average molecular weight is 410 g/mol. The Morgan fingerprint density at radius 3 is 2.76 bits per heavy atom. The first-order chi connectivity index (χ1) is 9.92. The first kappa shape index (κ1) is 16.8. The van der Waals surface area contributed by atoms with Crippen LogP contribution in [0.15, 0.2) is 39.0 Å². The zero-order valence-corrected chi connectivity index (χ0v) is 15.2. The van der Waals surface area contributed by atoms with Gasteiger partial charge in [-0.15, -0.1) is 11.3 Å². The van der Waals surface area contributed by atoms with E-state index in [0.717, 1.165) is 11.4 Å². The Bertz CT molecular complexity index is 732. The van der Waals surface area contributed by atoms with E-state index in [0.29, 0.717) is 21.7 Å². The lowest BCUT2D eigenvalue weighted by atomic mass is 10.3. The van der Waals surface area contributed by atoms with Crippen LogP contribution in [0, 0.1) is 0 Å². The van der Waals surface area contributed by atoms with Crippen molar-refractivity contribution in [2.45, 2.75) is 17.7 Å². The van der Waals surface area contributed by atoms with Crippen LogP contribution in [0.1, 0.15) is 11.8 Å². The van der Waals surface area contributed by atoms with E-state index in [1.807, 2.05) is 13.0 Å². The van der Waals surface area contributed by atoms with Crippen molar-refractivity contribution in [2.24, 2.45) is 0 Å². The fraction of sp³-hybridized carbons (Fsp3) is 0.231. The van der Waals surface area contributed by atoms with Gasteiger partial charge in [-0.25, -0.2) is 8.42 Å². The van der Waals surface area contributed by atoms with Crippen molar-refractivity contribution in [3.63, 3.8) is 0 Å². The van der Waals surface area contributed by atoms with E-state index < -0.39 is 10.0 Å². The highest BCUT2D eigenvalue weighted by molar-refractivity contribution is 9.10. The lowest BCUT2D eigenvalue weighted by molar-refractivity contribution is 0.603. The van der Waals surface area contributed by atoms with Crippen molar-refractivity contribution in [2.75, 3.05) is 11.3 Å². The second-order valence-corrected chi connectivity index (χ2v) is 8.60. The lowest BCUT2D eigenvalue weighted by Gasteiger charge is -2.08. The molecule has 21 heavy (non-hydrogen) atoms. The van der Waals surface area contributed by atoms with Gasteiger partial charge < -0.3 is 5.32 Å². The summed E-state index contributed by atoms with van der Waals surface area (Å²) in [4.78, 5) is 0.974. The summed E-state index contributed by atoms with van der Waals surface area (Å²) in [5.74, 6) is 0. The Morgan fingerprint density at radius 2 is 2.05 bits per heavy atom. The van der Waals surface area contributed by atoms with Gasteiger partial charge in [-0.2, -0.15) is 0 Å². The maximum absolute atomic E-state index is 12.4. The molecule has 0 saturated heterocycles. The van der Waals surface area contributed by atoms with Gasteiger partial charge in [0.2, 0.25) is 0 Å². The molecule has 0 radical (unpaired) electrons. The van der Waals surface area contributed by atoms with Gasteiger partial charge in [0.1, 0.15) is 4.21 Å². The van der Waals surface area contributed by atoms with Crippen molar-refractivity contribution >= 4 is 54.6 Å². The number of hydrogen-bond acceptors (Lipinski definition) is 4. The first-order valence-corrected chi connectivity index (χ1v) is 9.66. The van der Waals surface area contributed by atoms with E-state index in [2.05, 4.69) is 26.0 Å². The molecule has 0 aliphatic heterocycles. The fourth-order valence-electron chi connectivity index (χ4n) is 1.62. The van der Waals surface area contributed by atoms with Crippen LogP contribution in [0.3, 0.4) is 0 Å². The van der Waals surface area contributed by atoms with Gasteiger partial charge in [0, 0.05) is 20.9 Å². The molecule has 1 heterocycles. The summed E-state index contributed by atoms with van der Waals surface area (Å²) in [6.45, 7) is 3.51. The van der Waals surface area contributed by atoms with E-state index in [4.69, 9.17) is 11.6 Å². The zero-order chi connectivity index (χ0) is 15.5. The molecule has 0 saturated carbocycles. The molecular formula is C13H14BrClN2O2S2. The number of thiophene rings is 1. The molecule has 4 nitrogen and oxygen atoms in total. The minimum atomic E-state index is -3.60. The predicted molar refractivity (Wildman–Crippen MR) is 91.7 cm³/mol. The van der Waals surface area contributed by atoms with Crippen LogP contribution in [-0.4, -0.2) is 15.0 Å². The molecule has 0 unspecified atom stereocenters. The SMILES string of the molecule is CCNCc1ccc(S(=O)(=O)Nc2cc(Cl)ccc2Br)s1. The van der Waals surface area contributed by atoms with Crippen LogP contribution in [0.2, 0.25) is 5.02 Å². The monoisotopic (exact) mass is 408 g/mol. The van der Waals surface area contributed by atoms with Crippen molar-refractivity contribution in [1.29, 1.82) is 0 Å². The third kappa shape index (κ3) is 4.43. The molecule has 8 heteroatoms. The highest BCUT2D eigenvalue weighted by Gasteiger charge is 2.18. The second-order valence-electron chi connectivity index (χ2n) is 4.23. The molecule has 0 fully saturated rings. The van der Waals surface area contributed by atoms with Crippen molar-refractivity contribution in [3.05, 3.63) is 44.7 Å². The topological polar surface area (TPSA) is 58.2 Å². The fourth-order valence-corrected chi connectivity index (χ4v) is 4.66. The van der Waals surface area contributed by atoms with Crippen LogP contribution < -0.4 is 10.0 Å². The minimum absolute atomic E-state index is 0.280. The van der Waals surface area contributed by atoms with Crippen LogP contribution >= 0.6 is 38.9 Å². The summed E-state index contributed by atoms with van der Waals surface area (Å²) in [6.07, 6.45) is 0. The Labute approximate surface area is 141 Å². The van der Waals surface area contributed by atoms with E-state index in [1.54, 1.807) is 24.3 Å². The van der Waals surface area contributed by atoms with Crippen LogP contribution in [0.4, 0.5) is 5.69 Å². The summed E-state index contributed by atoms with van der Waals surface area (Å²) in [5.41, 5.74) is 0.420. The maximum Gasteiger partial charge on any atom is 0.271 e. The summed E-state index contributed by atoms with van der Waals surface area (Å²) < 4.78 is 28.2. The van der Waals surface area contributed by atoms with Crippen molar-refractivity contribution in [3.8, 4) is 0 Å².